The first-order valence-electron chi connectivity index (χ1n) is 10.2. The second-order valence-electron chi connectivity index (χ2n) is 7.58. The van der Waals surface area contributed by atoms with Gasteiger partial charge in [-0.15, -0.1) is 10.2 Å². The van der Waals surface area contributed by atoms with Crippen molar-refractivity contribution < 1.29 is 9.59 Å². The molecule has 0 aliphatic heterocycles. The Bertz CT molecular complexity index is 1040. The van der Waals surface area contributed by atoms with Crippen LogP contribution >= 0.6 is 11.3 Å². The number of aryl methyl sites for hydroxylation is 1. The fourth-order valence-corrected chi connectivity index (χ4v) is 4.56. The van der Waals surface area contributed by atoms with Crippen molar-refractivity contribution in [2.75, 3.05) is 10.6 Å². The second kappa shape index (κ2) is 9.17. The van der Waals surface area contributed by atoms with Gasteiger partial charge < -0.3 is 5.32 Å². The van der Waals surface area contributed by atoms with E-state index in [1.165, 1.54) is 30.6 Å². The van der Waals surface area contributed by atoms with E-state index in [0.29, 0.717) is 27.9 Å². The van der Waals surface area contributed by atoms with Crippen molar-refractivity contribution in [3.8, 4) is 0 Å². The molecule has 0 radical (unpaired) electrons. The van der Waals surface area contributed by atoms with Gasteiger partial charge in [0, 0.05) is 22.7 Å². The van der Waals surface area contributed by atoms with Crippen LogP contribution < -0.4 is 10.6 Å². The number of carbonyl (C=O) groups is 2. The Balaban J connectivity index is 1.45. The van der Waals surface area contributed by atoms with Gasteiger partial charge in [0.2, 0.25) is 5.13 Å². The lowest BCUT2D eigenvalue weighted by Gasteiger charge is -2.18. The van der Waals surface area contributed by atoms with Crippen LogP contribution in [0.25, 0.3) is 0 Å². The van der Waals surface area contributed by atoms with Crippen LogP contribution in [0.3, 0.4) is 0 Å². The van der Waals surface area contributed by atoms with Crippen LogP contribution in [0.2, 0.25) is 0 Å². The summed E-state index contributed by atoms with van der Waals surface area (Å²) in [6.45, 7) is 1.89. The SMILES string of the molecule is Cc1ccc(C(=O)Nc2nnc(C3CCCCC3)s2)cc1NC(=O)c1ccccc1. The summed E-state index contributed by atoms with van der Waals surface area (Å²) < 4.78 is 0. The topological polar surface area (TPSA) is 84.0 Å². The van der Waals surface area contributed by atoms with Crippen molar-refractivity contribution >= 4 is 34.0 Å². The number of benzene rings is 2. The maximum atomic E-state index is 12.7. The number of aromatic nitrogens is 2. The van der Waals surface area contributed by atoms with E-state index in [0.717, 1.165) is 23.4 Å². The highest BCUT2D eigenvalue weighted by molar-refractivity contribution is 7.15. The van der Waals surface area contributed by atoms with E-state index >= 15 is 0 Å². The van der Waals surface area contributed by atoms with Crippen molar-refractivity contribution in [1.29, 1.82) is 0 Å². The highest BCUT2D eigenvalue weighted by Crippen LogP contribution is 2.35. The van der Waals surface area contributed by atoms with Gasteiger partial charge in [-0.3, -0.25) is 14.9 Å². The smallest absolute Gasteiger partial charge is 0.257 e. The molecule has 1 saturated carbocycles. The van der Waals surface area contributed by atoms with Crippen molar-refractivity contribution in [1.82, 2.24) is 10.2 Å². The third kappa shape index (κ3) is 4.74. The van der Waals surface area contributed by atoms with Crippen LogP contribution in [0.15, 0.2) is 48.5 Å². The number of nitrogens with one attached hydrogen (secondary N) is 2. The summed E-state index contributed by atoms with van der Waals surface area (Å²) in [5.41, 5.74) is 2.51. The van der Waals surface area contributed by atoms with Gasteiger partial charge in [-0.25, -0.2) is 0 Å². The van der Waals surface area contributed by atoms with Crippen molar-refractivity contribution in [3.63, 3.8) is 0 Å². The van der Waals surface area contributed by atoms with E-state index < -0.39 is 0 Å². The van der Waals surface area contributed by atoms with Crippen LogP contribution in [-0.4, -0.2) is 22.0 Å². The summed E-state index contributed by atoms with van der Waals surface area (Å²) in [7, 11) is 0. The Labute approximate surface area is 179 Å². The molecule has 1 fully saturated rings. The zero-order valence-corrected chi connectivity index (χ0v) is 17.7. The van der Waals surface area contributed by atoms with Crippen LogP contribution in [-0.2, 0) is 0 Å². The van der Waals surface area contributed by atoms with Crippen molar-refractivity contribution in [2.24, 2.45) is 0 Å². The van der Waals surface area contributed by atoms with Crippen LogP contribution in [0.5, 0.6) is 0 Å². The largest absolute Gasteiger partial charge is 0.322 e. The molecule has 0 unspecified atom stereocenters. The van der Waals surface area contributed by atoms with E-state index in [9.17, 15) is 9.59 Å². The first-order chi connectivity index (χ1) is 14.6. The Morgan fingerprint density at radius 3 is 2.40 bits per heavy atom. The molecule has 0 atom stereocenters. The maximum Gasteiger partial charge on any atom is 0.257 e. The van der Waals surface area contributed by atoms with E-state index in [1.807, 2.05) is 31.2 Å². The Morgan fingerprint density at radius 1 is 0.900 bits per heavy atom. The Hall–Kier alpha value is -3.06. The number of anilines is 2. The molecule has 30 heavy (non-hydrogen) atoms. The summed E-state index contributed by atoms with van der Waals surface area (Å²) >= 11 is 1.45. The molecule has 1 aliphatic rings. The quantitative estimate of drug-likeness (QED) is 0.579. The minimum Gasteiger partial charge on any atom is -0.322 e. The molecule has 2 aromatic carbocycles. The normalized spacial score (nSPS) is 14.3. The molecule has 154 valence electrons. The number of nitrogens with zero attached hydrogens (tertiary/aromatic N) is 2. The molecule has 1 aromatic heterocycles. The Morgan fingerprint density at radius 2 is 1.63 bits per heavy atom. The predicted octanol–water partition coefficient (Wildman–Crippen LogP) is 5.40. The molecule has 0 saturated heterocycles. The third-order valence-corrected chi connectivity index (χ3v) is 6.40. The predicted molar refractivity (Wildman–Crippen MR) is 119 cm³/mol. The molecule has 7 heteroatoms. The zero-order chi connectivity index (χ0) is 20.9. The van der Waals surface area contributed by atoms with E-state index in [2.05, 4.69) is 20.8 Å². The number of hydrogen-bond acceptors (Lipinski definition) is 5. The zero-order valence-electron chi connectivity index (χ0n) is 16.9. The highest BCUT2D eigenvalue weighted by Gasteiger charge is 2.20. The van der Waals surface area contributed by atoms with E-state index in [-0.39, 0.29) is 11.8 Å². The number of hydrogen-bond donors (Lipinski definition) is 2. The van der Waals surface area contributed by atoms with Crippen LogP contribution in [0.4, 0.5) is 10.8 Å². The van der Waals surface area contributed by atoms with Gasteiger partial charge in [-0.1, -0.05) is 54.9 Å². The molecule has 1 heterocycles. The molecule has 4 rings (SSSR count). The third-order valence-electron chi connectivity index (χ3n) is 5.40. The molecule has 6 nitrogen and oxygen atoms in total. The van der Waals surface area contributed by atoms with Gasteiger partial charge in [0.15, 0.2) is 0 Å². The molecular formula is C23H24N4O2S. The lowest BCUT2D eigenvalue weighted by Crippen LogP contribution is -2.15. The summed E-state index contributed by atoms with van der Waals surface area (Å²) in [6, 6.07) is 14.2. The monoisotopic (exact) mass is 420 g/mol. The van der Waals surface area contributed by atoms with Gasteiger partial charge in [-0.2, -0.15) is 0 Å². The molecule has 0 bridgehead atoms. The van der Waals surface area contributed by atoms with Gasteiger partial charge in [0.25, 0.3) is 11.8 Å². The van der Waals surface area contributed by atoms with E-state index in [1.54, 1.807) is 24.3 Å². The number of rotatable bonds is 5. The lowest BCUT2D eigenvalue weighted by atomic mass is 9.90. The average molecular weight is 421 g/mol. The first kappa shape index (κ1) is 20.2. The average Bonchev–Trinajstić information content (AvgIpc) is 3.25. The number of amides is 2. The minimum absolute atomic E-state index is 0.211. The number of carbonyl (C=O) groups excluding carboxylic acids is 2. The molecular weight excluding hydrogens is 396 g/mol. The standard InChI is InChI=1S/C23H24N4O2S/c1-15-12-13-18(14-19(15)24-20(28)16-8-4-2-5-9-16)21(29)25-23-27-26-22(30-23)17-10-6-3-7-11-17/h2,4-5,8-9,12-14,17H,3,6-7,10-11H2,1H3,(H,24,28)(H,25,27,29). The molecule has 1 aliphatic carbocycles. The highest BCUT2D eigenvalue weighted by atomic mass is 32.1. The molecule has 2 amide bonds. The second-order valence-corrected chi connectivity index (χ2v) is 8.59. The Kier molecular flexibility index (Phi) is 6.18. The maximum absolute atomic E-state index is 12.7. The lowest BCUT2D eigenvalue weighted by molar-refractivity contribution is 0.101. The first-order valence-corrected chi connectivity index (χ1v) is 11.0. The minimum atomic E-state index is -0.267. The fourth-order valence-electron chi connectivity index (χ4n) is 3.65. The summed E-state index contributed by atoms with van der Waals surface area (Å²) in [6.07, 6.45) is 6.03. The summed E-state index contributed by atoms with van der Waals surface area (Å²) in [4.78, 5) is 25.2. The fraction of sp³-hybridized carbons (Fsp3) is 0.304. The van der Waals surface area contributed by atoms with Gasteiger partial charge >= 0.3 is 0 Å². The van der Waals surface area contributed by atoms with Crippen LogP contribution in [0.1, 0.15) is 69.3 Å². The van der Waals surface area contributed by atoms with Gasteiger partial charge in [-0.05, 0) is 49.6 Å². The van der Waals surface area contributed by atoms with E-state index in [4.69, 9.17) is 0 Å². The van der Waals surface area contributed by atoms with Gasteiger partial charge in [0.1, 0.15) is 5.01 Å². The molecule has 0 spiro atoms. The summed E-state index contributed by atoms with van der Waals surface area (Å²) in [5.74, 6) is -0.0184. The molecule has 2 N–H and O–H groups in total. The van der Waals surface area contributed by atoms with Gasteiger partial charge in [0.05, 0.1) is 0 Å². The van der Waals surface area contributed by atoms with Crippen molar-refractivity contribution in [2.45, 2.75) is 44.9 Å². The van der Waals surface area contributed by atoms with Crippen LogP contribution in [0, 0.1) is 6.92 Å². The molecule has 3 aromatic rings. The summed E-state index contributed by atoms with van der Waals surface area (Å²) in [5, 5.41) is 15.7. The van der Waals surface area contributed by atoms with Crippen molar-refractivity contribution in [3.05, 3.63) is 70.2 Å².